The molecule has 0 saturated carbocycles. The number of nitrogens with one attached hydrogen (secondary N) is 3. The number of nitrogens with zero attached hydrogens (tertiary/aromatic N) is 1. The topological polar surface area (TPSA) is 173 Å². The molecule has 11 heteroatoms. The van der Waals surface area contributed by atoms with E-state index < -0.39 is 23.0 Å². The molecule has 11 nitrogen and oxygen atoms in total. The maximum absolute atomic E-state index is 14.0. The second-order valence-corrected chi connectivity index (χ2v) is 12.1. The molecule has 1 aromatic rings. The van der Waals surface area contributed by atoms with Gasteiger partial charge in [-0.15, -0.1) is 0 Å². The van der Waals surface area contributed by atoms with Crippen LogP contribution in [0.5, 0.6) is 0 Å². The molecule has 2 aliphatic heterocycles. The Kier molecular flexibility index (Phi) is 11.2. The van der Waals surface area contributed by atoms with Gasteiger partial charge in [-0.3, -0.25) is 14.6 Å². The highest BCUT2D eigenvalue weighted by molar-refractivity contribution is 6.32. The van der Waals surface area contributed by atoms with Crippen molar-refractivity contribution in [1.29, 1.82) is 0 Å². The number of fused-ring (bicyclic) bond motifs is 2. The molecule has 1 saturated heterocycles. The van der Waals surface area contributed by atoms with Gasteiger partial charge in [0.15, 0.2) is 17.3 Å². The molecule has 4 unspecified atom stereocenters. The number of carbonyl (C=O) groups excluding carboxylic acids is 3. The summed E-state index contributed by atoms with van der Waals surface area (Å²) in [5, 5.41) is 9.69. The van der Waals surface area contributed by atoms with Crippen molar-refractivity contribution in [3.8, 4) is 0 Å². The number of carbonyl (C=O) groups is 3. The fourth-order valence-electron chi connectivity index (χ4n) is 6.09. The number of rotatable bonds is 16. The van der Waals surface area contributed by atoms with E-state index in [1.807, 2.05) is 25.2 Å². The summed E-state index contributed by atoms with van der Waals surface area (Å²) < 4.78 is 11.9. The van der Waals surface area contributed by atoms with E-state index in [9.17, 15) is 14.4 Å². The highest BCUT2D eigenvalue weighted by Gasteiger charge is 2.85. The van der Waals surface area contributed by atoms with Crippen molar-refractivity contribution in [1.82, 2.24) is 16.0 Å². The standard InChI is InChI=1S/C34H48N6O5/c1-5-7-10-23(20-38-16-6-2)21-44-31(43)34-30(42)26-12-9-8-11-25(26)29(41)33(34,45-34)15-13-22(3)18-27(40-32(36)37-4)24-14-17-39-28(35)19-24/h8-9,11-14,19,23,27,38-39H,5-7,10,15-18,20-21,35H2,1-4H3,(H3,36,37,40). The van der Waals surface area contributed by atoms with Crippen LogP contribution in [0.15, 0.2) is 64.5 Å². The van der Waals surface area contributed by atoms with Gasteiger partial charge in [0.05, 0.1) is 18.5 Å². The number of Topliss-reactive ketones (excluding diaryl/α,β-unsaturated/α-hetero) is 2. The van der Waals surface area contributed by atoms with Gasteiger partial charge in [-0.05, 0) is 44.4 Å². The van der Waals surface area contributed by atoms with Crippen LogP contribution < -0.4 is 27.4 Å². The van der Waals surface area contributed by atoms with Crippen LogP contribution in [0.3, 0.4) is 0 Å². The lowest BCUT2D eigenvalue weighted by atomic mass is 9.72. The largest absolute Gasteiger partial charge is 0.463 e. The minimum absolute atomic E-state index is 0.0345. The summed E-state index contributed by atoms with van der Waals surface area (Å²) in [5.41, 5.74) is 10.6. The lowest BCUT2D eigenvalue weighted by Gasteiger charge is -2.25. The van der Waals surface area contributed by atoms with E-state index in [-0.39, 0.29) is 47.9 Å². The van der Waals surface area contributed by atoms with Crippen LogP contribution in [0.2, 0.25) is 0 Å². The number of guanidine groups is 1. The Morgan fingerprint density at radius 3 is 2.60 bits per heavy atom. The quantitative estimate of drug-likeness (QED) is 0.0352. The van der Waals surface area contributed by atoms with Gasteiger partial charge in [-0.2, -0.15) is 0 Å². The zero-order chi connectivity index (χ0) is 32.6. The molecule has 4 atom stereocenters. The molecule has 0 amide bonds. The molecule has 244 valence electrons. The summed E-state index contributed by atoms with van der Waals surface area (Å²) in [7, 11) is 1.60. The SMILES string of the molecule is CCCCC(CNCCC)COC(=O)C12OC1(CC=C(C)CC(NC(N)=NC)C1=CCNC(N)=C1)C(=O)c1ccccc1C2=O. The third-order valence-electron chi connectivity index (χ3n) is 8.72. The van der Waals surface area contributed by atoms with Crippen molar-refractivity contribution in [3.63, 3.8) is 0 Å². The minimum atomic E-state index is -2.01. The third kappa shape index (κ3) is 7.15. The molecule has 45 heavy (non-hydrogen) atoms. The van der Waals surface area contributed by atoms with E-state index in [1.54, 1.807) is 31.3 Å². The van der Waals surface area contributed by atoms with Gasteiger partial charge in [-0.1, -0.05) is 68.7 Å². The Hall–Kier alpha value is -3.96. The van der Waals surface area contributed by atoms with Gasteiger partial charge in [0.2, 0.25) is 5.78 Å². The van der Waals surface area contributed by atoms with Crippen LogP contribution in [0.1, 0.15) is 80.0 Å². The summed E-state index contributed by atoms with van der Waals surface area (Å²) in [6, 6.07) is 6.31. The van der Waals surface area contributed by atoms with Crippen LogP contribution in [-0.2, 0) is 14.3 Å². The summed E-state index contributed by atoms with van der Waals surface area (Å²) in [6.45, 7) is 8.43. The summed E-state index contributed by atoms with van der Waals surface area (Å²) >= 11 is 0. The number of hydrogen-bond acceptors (Lipinski definition) is 9. The number of ketones is 2. The predicted octanol–water partition coefficient (Wildman–Crippen LogP) is 2.88. The normalized spacial score (nSPS) is 24.0. The summed E-state index contributed by atoms with van der Waals surface area (Å²) in [5.74, 6) is -0.814. The van der Waals surface area contributed by atoms with Gasteiger partial charge in [0.25, 0.3) is 5.60 Å². The zero-order valence-corrected chi connectivity index (χ0v) is 26.9. The molecule has 1 aliphatic carbocycles. The summed E-state index contributed by atoms with van der Waals surface area (Å²) in [6.07, 6.45) is 10.1. The number of epoxide rings is 1. The Labute approximate surface area is 265 Å². The van der Waals surface area contributed by atoms with Crippen molar-refractivity contribution in [3.05, 3.63) is 70.6 Å². The molecule has 0 bridgehead atoms. The Bertz CT molecular complexity index is 1400. The highest BCUT2D eigenvalue weighted by atomic mass is 16.7. The van der Waals surface area contributed by atoms with Gasteiger partial charge in [-0.25, -0.2) is 4.79 Å². The van der Waals surface area contributed by atoms with E-state index >= 15 is 0 Å². The number of esters is 1. The smallest absolute Gasteiger partial charge is 0.350 e. The lowest BCUT2D eigenvalue weighted by molar-refractivity contribution is -0.149. The molecule has 7 N–H and O–H groups in total. The highest BCUT2D eigenvalue weighted by Crippen LogP contribution is 2.58. The van der Waals surface area contributed by atoms with Crippen LogP contribution in [0.25, 0.3) is 0 Å². The molecular weight excluding hydrogens is 572 g/mol. The van der Waals surface area contributed by atoms with Crippen molar-refractivity contribution in [2.75, 3.05) is 33.3 Å². The molecule has 3 aliphatic rings. The number of dihydropyridines is 1. The minimum Gasteiger partial charge on any atom is -0.463 e. The second kappa shape index (κ2) is 14.9. The third-order valence-corrected chi connectivity index (χ3v) is 8.72. The zero-order valence-electron chi connectivity index (χ0n) is 26.9. The van der Waals surface area contributed by atoms with Crippen LogP contribution >= 0.6 is 0 Å². The predicted molar refractivity (Wildman–Crippen MR) is 175 cm³/mol. The van der Waals surface area contributed by atoms with Gasteiger partial charge in [0, 0.05) is 43.6 Å². The van der Waals surface area contributed by atoms with Gasteiger partial charge < -0.3 is 36.9 Å². The Morgan fingerprint density at radius 2 is 1.93 bits per heavy atom. The van der Waals surface area contributed by atoms with Gasteiger partial charge >= 0.3 is 5.97 Å². The van der Waals surface area contributed by atoms with E-state index in [2.05, 4.69) is 34.8 Å². The van der Waals surface area contributed by atoms with Crippen molar-refractivity contribution in [2.24, 2.45) is 22.4 Å². The lowest BCUT2D eigenvalue weighted by Crippen LogP contribution is -2.50. The fraction of sp³-hybridized carbons (Fsp3) is 0.529. The molecule has 1 aromatic carbocycles. The summed E-state index contributed by atoms with van der Waals surface area (Å²) in [4.78, 5) is 45.8. The molecular formula is C34H48N6O5. The Morgan fingerprint density at radius 1 is 1.20 bits per heavy atom. The molecule has 0 aromatic heterocycles. The fourth-order valence-corrected chi connectivity index (χ4v) is 6.09. The first kappa shape index (κ1) is 33.9. The van der Waals surface area contributed by atoms with Crippen molar-refractivity contribution in [2.45, 2.75) is 76.5 Å². The maximum Gasteiger partial charge on any atom is 0.350 e. The molecule has 0 spiro atoms. The molecule has 0 radical (unpaired) electrons. The first-order valence-corrected chi connectivity index (χ1v) is 16.0. The monoisotopic (exact) mass is 620 g/mol. The number of benzene rings is 1. The van der Waals surface area contributed by atoms with E-state index in [0.29, 0.717) is 25.3 Å². The number of nitrogens with two attached hydrogens (primary N) is 2. The number of unbranched alkanes of at least 4 members (excludes halogenated alkanes) is 1. The average Bonchev–Trinajstić information content (AvgIpc) is 3.75. The van der Waals surface area contributed by atoms with Crippen molar-refractivity contribution < 1.29 is 23.9 Å². The maximum atomic E-state index is 14.0. The van der Waals surface area contributed by atoms with E-state index in [4.69, 9.17) is 20.9 Å². The molecule has 4 rings (SSSR count). The number of hydrogen-bond donors (Lipinski definition) is 5. The second-order valence-electron chi connectivity index (χ2n) is 12.1. The van der Waals surface area contributed by atoms with E-state index in [1.165, 1.54) is 0 Å². The molecule has 1 fully saturated rings. The number of ether oxygens (including phenoxy) is 2. The van der Waals surface area contributed by atoms with Gasteiger partial charge in [0.1, 0.15) is 0 Å². The Balaban J connectivity index is 1.58. The van der Waals surface area contributed by atoms with Crippen LogP contribution in [0, 0.1) is 5.92 Å². The van der Waals surface area contributed by atoms with Crippen LogP contribution in [-0.4, -0.2) is 74.0 Å². The molecule has 2 heterocycles. The number of aliphatic imine (C=N–C) groups is 1. The van der Waals surface area contributed by atoms with Crippen LogP contribution in [0.4, 0.5) is 0 Å². The van der Waals surface area contributed by atoms with E-state index in [0.717, 1.165) is 43.4 Å². The first-order valence-electron chi connectivity index (χ1n) is 16.0. The average molecular weight is 621 g/mol. The van der Waals surface area contributed by atoms with Crippen molar-refractivity contribution >= 4 is 23.5 Å². The first-order chi connectivity index (χ1) is 21.6.